The molecule has 3 rings (SSSR count). The summed E-state index contributed by atoms with van der Waals surface area (Å²) < 4.78 is 5.50. The Hall–Kier alpha value is -0.160. The molecule has 0 aromatic heterocycles. The molecule has 2 unspecified atom stereocenters. The Morgan fingerprint density at radius 2 is 1.74 bits per heavy atom. The van der Waals surface area contributed by atoms with Gasteiger partial charge in [0.05, 0.1) is 12.7 Å². The molecule has 19 heavy (non-hydrogen) atoms. The fourth-order valence-electron chi connectivity index (χ4n) is 3.87. The average molecular weight is 268 g/mol. The summed E-state index contributed by atoms with van der Waals surface area (Å²) >= 11 is 0. The highest BCUT2D eigenvalue weighted by Gasteiger charge is 2.29. The number of hydrogen-bond acceptors (Lipinski definition) is 4. The number of rotatable bonds is 3. The molecule has 3 fully saturated rings. The van der Waals surface area contributed by atoms with Gasteiger partial charge in [0.25, 0.3) is 0 Å². The summed E-state index contributed by atoms with van der Waals surface area (Å²) in [5.74, 6) is 0.326. The van der Waals surface area contributed by atoms with Crippen LogP contribution in [0.25, 0.3) is 0 Å². The van der Waals surface area contributed by atoms with Crippen LogP contribution in [-0.4, -0.2) is 73.0 Å². The molecule has 0 spiro atoms. The molecule has 0 bridgehead atoms. The standard InChI is InChI=1S/C15H28N2O2/c18-15-5-10-19-12-13(15)11-16-6-8-17(9-7-16)14-3-1-2-4-14/h13-15,18H,1-12H2. The maximum absolute atomic E-state index is 10.0. The minimum atomic E-state index is -0.151. The molecule has 1 saturated carbocycles. The van der Waals surface area contributed by atoms with Crippen molar-refractivity contribution in [2.24, 2.45) is 5.92 Å². The lowest BCUT2D eigenvalue weighted by molar-refractivity contribution is -0.0513. The molecule has 2 heterocycles. The molecule has 2 saturated heterocycles. The molecule has 110 valence electrons. The lowest BCUT2D eigenvalue weighted by Gasteiger charge is -2.40. The number of nitrogens with zero attached hydrogens (tertiary/aromatic N) is 2. The zero-order chi connectivity index (χ0) is 13.1. The normalized spacial score (nSPS) is 35.8. The highest BCUT2D eigenvalue weighted by atomic mass is 16.5. The Balaban J connectivity index is 1.42. The maximum atomic E-state index is 10.0. The van der Waals surface area contributed by atoms with Crippen molar-refractivity contribution in [1.29, 1.82) is 0 Å². The van der Waals surface area contributed by atoms with Crippen LogP contribution < -0.4 is 0 Å². The summed E-state index contributed by atoms with van der Waals surface area (Å²) in [6, 6.07) is 0.866. The highest BCUT2D eigenvalue weighted by Crippen LogP contribution is 2.25. The van der Waals surface area contributed by atoms with Crippen LogP contribution in [-0.2, 0) is 4.74 Å². The van der Waals surface area contributed by atoms with Crippen molar-refractivity contribution >= 4 is 0 Å². The van der Waals surface area contributed by atoms with Gasteiger partial charge in [0, 0.05) is 51.3 Å². The fourth-order valence-corrected chi connectivity index (χ4v) is 3.87. The molecular formula is C15H28N2O2. The van der Waals surface area contributed by atoms with E-state index in [1.54, 1.807) is 0 Å². The lowest BCUT2D eigenvalue weighted by atomic mass is 9.98. The summed E-state index contributed by atoms with van der Waals surface area (Å²) in [5, 5.41) is 10.0. The van der Waals surface area contributed by atoms with Gasteiger partial charge in [0.1, 0.15) is 0 Å². The van der Waals surface area contributed by atoms with E-state index < -0.39 is 0 Å². The Morgan fingerprint density at radius 1 is 1.00 bits per heavy atom. The van der Waals surface area contributed by atoms with E-state index in [4.69, 9.17) is 4.74 Å². The van der Waals surface area contributed by atoms with Crippen LogP contribution in [0.4, 0.5) is 0 Å². The van der Waals surface area contributed by atoms with Gasteiger partial charge in [0.2, 0.25) is 0 Å². The van der Waals surface area contributed by atoms with E-state index in [9.17, 15) is 5.11 Å². The maximum Gasteiger partial charge on any atom is 0.0624 e. The van der Waals surface area contributed by atoms with Gasteiger partial charge < -0.3 is 14.7 Å². The smallest absolute Gasteiger partial charge is 0.0624 e. The molecule has 4 heteroatoms. The van der Waals surface area contributed by atoms with E-state index in [1.165, 1.54) is 51.9 Å². The highest BCUT2D eigenvalue weighted by molar-refractivity contribution is 4.84. The van der Waals surface area contributed by atoms with Crippen molar-refractivity contribution in [1.82, 2.24) is 9.80 Å². The Kier molecular flexibility index (Phi) is 4.74. The van der Waals surface area contributed by atoms with Crippen LogP contribution in [0.2, 0.25) is 0 Å². The third kappa shape index (κ3) is 3.48. The first-order valence-electron chi connectivity index (χ1n) is 8.05. The summed E-state index contributed by atoms with van der Waals surface area (Å²) in [6.45, 7) is 7.25. The van der Waals surface area contributed by atoms with Gasteiger partial charge in [-0.05, 0) is 19.3 Å². The Labute approximate surface area is 116 Å². The van der Waals surface area contributed by atoms with Gasteiger partial charge in [0.15, 0.2) is 0 Å². The minimum Gasteiger partial charge on any atom is -0.393 e. The van der Waals surface area contributed by atoms with Gasteiger partial charge in [-0.3, -0.25) is 4.90 Å². The minimum absolute atomic E-state index is 0.151. The number of hydrogen-bond donors (Lipinski definition) is 1. The molecule has 0 radical (unpaired) electrons. The van der Waals surface area contributed by atoms with Crippen LogP contribution in [0.1, 0.15) is 32.1 Å². The van der Waals surface area contributed by atoms with Gasteiger partial charge in [-0.25, -0.2) is 0 Å². The second-order valence-electron chi connectivity index (χ2n) is 6.47. The third-order valence-electron chi connectivity index (χ3n) is 5.17. The first-order chi connectivity index (χ1) is 9.33. The number of ether oxygens (including phenoxy) is 1. The number of piperazine rings is 1. The number of aliphatic hydroxyl groups excluding tert-OH is 1. The molecule has 0 amide bonds. The van der Waals surface area contributed by atoms with E-state index in [2.05, 4.69) is 9.80 Å². The zero-order valence-electron chi connectivity index (χ0n) is 12.0. The molecule has 3 aliphatic rings. The average Bonchev–Trinajstić information content (AvgIpc) is 2.96. The second kappa shape index (κ2) is 6.53. The van der Waals surface area contributed by atoms with Gasteiger partial charge >= 0.3 is 0 Å². The van der Waals surface area contributed by atoms with Crippen molar-refractivity contribution in [2.45, 2.75) is 44.2 Å². The van der Waals surface area contributed by atoms with Crippen molar-refractivity contribution in [2.75, 3.05) is 45.9 Å². The summed E-state index contributed by atoms with van der Waals surface area (Å²) in [4.78, 5) is 5.21. The molecule has 1 N–H and O–H groups in total. The van der Waals surface area contributed by atoms with Crippen molar-refractivity contribution < 1.29 is 9.84 Å². The van der Waals surface area contributed by atoms with Crippen molar-refractivity contribution in [3.05, 3.63) is 0 Å². The topological polar surface area (TPSA) is 35.9 Å². The SMILES string of the molecule is OC1CCOCC1CN1CCN(C2CCCC2)CC1. The van der Waals surface area contributed by atoms with Gasteiger partial charge in [-0.15, -0.1) is 0 Å². The molecule has 0 aromatic carbocycles. The molecule has 1 aliphatic carbocycles. The molecule has 0 aromatic rings. The molecule has 2 aliphatic heterocycles. The Bertz CT molecular complexity index is 273. The lowest BCUT2D eigenvalue weighted by Crippen LogP contribution is -2.52. The van der Waals surface area contributed by atoms with Gasteiger partial charge in [-0.1, -0.05) is 12.8 Å². The van der Waals surface area contributed by atoms with Crippen LogP contribution in [0.5, 0.6) is 0 Å². The molecule has 2 atom stereocenters. The van der Waals surface area contributed by atoms with Crippen LogP contribution in [0, 0.1) is 5.92 Å². The predicted octanol–water partition coefficient (Wildman–Crippen LogP) is 0.944. The van der Waals surface area contributed by atoms with Crippen LogP contribution >= 0.6 is 0 Å². The quantitative estimate of drug-likeness (QED) is 0.826. The van der Waals surface area contributed by atoms with Crippen LogP contribution in [0.3, 0.4) is 0 Å². The van der Waals surface area contributed by atoms with E-state index in [-0.39, 0.29) is 6.10 Å². The second-order valence-corrected chi connectivity index (χ2v) is 6.47. The van der Waals surface area contributed by atoms with E-state index in [1.807, 2.05) is 0 Å². The summed E-state index contributed by atoms with van der Waals surface area (Å²) in [7, 11) is 0. The van der Waals surface area contributed by atoms with Crippen LogP contribution in [0.15, 0.2) is 0 Å². The monoisotopic (exact) mass is 268 g/mol. The largest absolute Gasteiger partial charge is 0.393 e. The van der Waals surface area contributed by atoms with Crippen molar-refractivity contribution in [3.63, 3.8) is 0 Å². The predicted molar refractivity (Wildman–Crippen MR) is 75.2 cm³/mol. The zero-order valence-corrected chi connectivity index (χ0v) is 12.0. The first-order valence-corrected chi connectivity index (χ1v) is 8.05. The Morgan fingerprint density at radius 3 is 2.42 bits per heavy atom. The van der Waals surface area contributed by atoms with Crippen molar-refractivity contribution in [3.8, 4) is 0 Å². The number of aliphatic hydroxyl groups is 1. The molecular weight excluding hydrogens is 240 g/mol. The first kappa shape index (κ1) is 13.8. The summed E-state index contributed by atoms with van der Waals surface area (Å²) in [5.41, 5.74) is 0. The fraction of sp³-hybridized carbons (Fsp3) is 1.00. The molecule has 4 nitrogen and oxygen atoms in total. The van der Waals surface area contributed by atoms with E-state index in [0.29, 0.717) is 5.92 Å². The van der Waals surface area contributed by atoms with Gasteiger partial charge in [-0.2, -0.15) is 0 Å². The van der Waals surface area contributed by atoms with E-state index in [0.717, 1.165) is 32.2 Å². The summed E-state index contributed by atoms with van der Waals surface area (Å²) in [6.07, 6.45) is 6.34. The van der Waals surface area contributed by atoms with E-state index >= 15 is 0 Å². The third-order valence-corrected chi connectivity index (χ3v) is 5.17.